The fraction of sp³-hybridized carbons (Fsp3) is 0.167. The van der Waals surface area contributed by atoms with Gasteiger partial charge in [0.15, 0.2) is 11.5 Å². The van der Waals surface area contributed by atoms with E-state index < -0.39 is 12.3 Å². The molecule has 0 bridgehead atoms. The molecule has 8 nitrogen and oxygen atoms in total. The maximum atomic E-state index is 12.3. The van der Waals surface area contributed by atoms with Crippen LogP contribution >= 0.6 is 11.6 Å². The molecule has 12 heteroatoms. The first-order valence-electron chi connectivity index (χ1n) is 10.1. The van der Waals surface area contributed by atoms with Crippen LogP contribution in [-0.2, 0) is 6.61 Å². The van der Waals surface area contributed by atoms with Gasteiger partial charge in [0.05, 0.1) is 25.5 Å². The van der Waals surface area contributed by atoms with Crippen molar-refractivity contribution in [3.05, 3.63) is 76.3 Å². The van der Waals surface area contributed by atoms with Crippen molar-refractivity contribution in [3.63, 3.8) is 0 Å². The van der Waals surface area contributed by atoms with E-state index in [1.807, 2.05) is 0 Å². The molecule has 0 aliphatic carbocycles. The molecule has 3 rings (SSSR count). The third kappa shape index (κ3) is 7.19. The second kappa shape index (κ2) is 11.5. The summed E-state index contributed by atoms with van der Waals surface area (Å²) in [6.07, 6.45) is -3.42. The van der Waals surface area contributed by atoms with Gasteiger partial charge < -0.3 is 24.1 Å². The third-order valence-electron chi connectivity index (χ3n) is 4.61. The Kier molecular flexibility index (Phi) is 8.49. The number of hydrazone groups is 1. The molecule has 36 heavy (non-hydrogen) atoms. The number of rotatable bonds is 9. The topological polar surface area (TPSA) is 98.6 Å². The molecular formula is C24H20ClF3N2O6. The van der Waals surface area contributed by atoms with Gasteiger partial charge in [0, 0.05) is 11.1 Å². The van der Waals surface area contributed by atoms with E-state index in [-0.39, 0.29) is 34.4 Å². The van der Waals surface area contributed by atoms with E-state index in [1.165, 1.54) is 62.9 Å². The summed E-state index contributed by atoms with van der Waals surface area (Å²) in [5, 5.41) is 13.4. The largest absolute Gasteiger partial charge is 0.573 e. The molecule has 3 aromatic carbocycles. The number of carbonyl (C=O) groups excluding carboxylic acids is 1. The Balaban J connectivity index is 1.69. The number of aromatic hydroxyl groups is 1. The lowest BCUT2D eigenvalue weighted by Crippen LogP contribution is -2.17. The number of hydrogen-bond acceptors (Lipinski definition) is 7. The first kappa shape index (κ1) is 26.5. The number of hydrogen-bond donors (Lipinski definition) is 2. The van der Waals surface area contributed by atoms with E-state index >= 15 is 0 Å². The van der Waals surface area contributed by atoms with Gasteiger partial charge >= 0.3 is 6.36 Å². The number of amides is 1. The molecule has 0 saturated carbocycles. The van der Waals surface area contributed by atoms with E-state index in [2.05, 4.69) is 15.3 Å². The molecule has 0 atom stereocenters. The highest BCUT2D eigenvalue weighted by molar-refractivity contribution is 6.32. The number of carbonyl (C=O) groups is 1. The van der Waals surface area contributed by atoms with Gasteiger partial charge in [-0.3, -0.25) is 4.79 Å². The van der Waals surface area contributed by atoms with E-state index in [0.29, 0.717) is 22.6 Å². The van der Waals surface area contributed by atoms with Gasteiger partial charge in [0.25, 0.3) is 5.91 Å². The summed E-state index contributed by atoms with van der Waals surface area (Å²) < 4.78 is 57.3. The molecule has 1 amide bonds. The lowest BCUT2D eigenvalue weighted by molar-refractivity contribution is -0.274. The highest BCUT2D eigenvalue weighted by atomic mass is 35.5. The number of ether oxygens (including phenoxy) is 4. The minimum atomic E-state index is -4.77. The summed E-state index contributed by atoms with van der Waals surface area (Å²) in [5.74, 6) is -0.181. The van der Waals surface area contributed by atoms with E-state index in [4.69, 9.17) is 25.8 Å². The summed E-state index contributed by atoms with van der Waals surface area (Å²) in [4.78, 5) is 12.2. The molecule has 0 saturated heterocycles. The minimum Gasteiger partial charge on any atom is -0.506 e. The Bertz CT molecular complexity index is 1220. The maximum absolute atomic E-state index is 12.3. The number of nitrogens with zero attached hydrogens (tertiary/aromatic N) is 1. The highest BCUT2D eigenvalue weighted by Crippen LogP contribution is 2.39. The van der Waals surface area contributed by atoms with Crippen LogP contribution in [0.3, 0.4) is 0 Å². The zero-order valence-electron chi connectivity index (χ0n) is 18.9. The van der Waals surface area contributed by atoms with Gasteiger partial charge in [-0.2, -0.15) is 5.10 Å². The van der Waals surface area contributed by atoms with Crippen molar-refractivity contribution in [2.75, 3.05) is 14.2 Å². The van der Waals surface area contributed by atoms with Crippen LogP contribution in [0.4, 0.5) is 13.2 Å². The number of methoxy groups -OCH3 is 2. The summed E-state index contributed by atoms with van der Waals surface area (Å²) >= 11 is 5.81. The molecule has 190 valence electrons. The lowest BCUT2D eigenvalue weighted by atomic mass is 10.2. The molecule has 0 aliphatic rings. The molecule has 0 fully saturated rings. The SMILES string of the molecule is COc1cc(/C=N/NC(=O)c2ccc(O)c(Cl)c2)cc(OC)c1OCc1ccc(OC(F)(F)F)cc1. The number of halogens is 4. The number of phenolic OH excluding ortho intramolecular Hbond substituents is 1. The number of benzene rings is 3. The summed E-state index contributed by atoms with van der Waals surface area (Å²) in [6, 6.07) is 12.4. The Labute approximate surface area is 208 Å². The second-order valence-corrected chi connectivity index (χ2v) is 7.51. The van der Waals surface area contributed by atoms with Gasteiger partial charge in [-0.15, -0.1) is 13.2 Å². The number of alkyl halides is 3. The quantitative estimate of drug-likeness (QED) is 0.291. The Morgan fingerprint density at radius 1 is 1.06 bits per heavy atom. The van der Waals surface area contributed by atoms with Crippen molar-refractivity contribution < 1.29 is 42.0 Å². The van der Waals surface area contributed by atoms with Crippen molar-refractivity contribution in [1.82, 2.24) is 5.43 Å². The zero-order valence-corrected chi connectivity index (χ0v) is 19.7. The van der Waals surface area contributed by atoms with Crippen LogP contribution in [0.15, 0.2) is 59.7 Å². The van der Waals surface area contributed by atoms with Gasteiger partial charge in [-0.1, -0.05) is 23.7 Å². The van der Waals surface area contributed by atoms with Gasteiger partial charge in [-0.25, -0.2) is 5.43 Å². The van der Waals surface area contributed by atoms with Crippen LogP contribution in [-0.4, -0.2) is 37.8 Å². The Morgan fingerprint density at radius 2 is 1.69 bits per heavy atom. The summed E-state index contributed by atoms with van der Waals surface area (Å²) in [5.41, 5.74) is 3.63. The summed E-state index contributed by atoms with van der Waals surface area (Å²) in [7, 11) is 2.84. The molecule has 0 unspecified atom stereocenters. The summed E-state index contributed by atoms with van der Waals surface area (Å²) in [6.45, 7) is 0.0116. The van der Waals surface area contributed by atoms with E-state index in [9.17, 15) is 23.1 Å². The van der Waals surface area contributed by atoms with Crippen molar-refractivity contribution in [3.8, 4) is 28.7 Å². The molecule has 0 aliphatic heterocycles. The lowest BCUT2D eigenvalue weighted by Gasteiger charge is -2.15. The first-order valence-corrected chi connectivity index (χ1v) is 10.5. The van der Waals surface area contributed by atoms with Crippen LogP contribution in [0.2, 0.25) is 5.02 Å². The van der Waals surface area contributed by atoms with E-state index in [1.54, 1.807) is 12.1 Å². The van der Waals surface area contributed by atoms with Crippen molar-refractivity contribution >= 4 is 23.7 Å². The predicted molar refractivity (Wildman–Crippen MR) is 125 cm³/mol. The normalized spacial score (nSPS) is 11.3. The molecule has 0 heterocycles. The van der Waals surface area contributed by atoms with Gasteiger partial charge in [-0.05, 0) is 48.0 Å². The van der Waals surface area contributed by atoms with Crippen LogP contribution in [0, 0.1) is 0 Å². The fourth-order valence-electron chi connectivity index (χ4n) is 2.94. The molecule has 0 spiro atoms. The minimum absolute atomic E-state index is 0.0116. The fourth-order valence-corrected chi connectivity index (χ4v) is 3.12. The van der Waals surface area contributed by atoms with Crippen molar-refractivity contribution in [2.24, 2.45) is 5.10 Å². The van der Waals surface area contributed by atoms with E-state index in [0.717, 1.165) is 0 Å². The van der Waals surface area contributed by atoms with Gasteiger partial charge in [0.1, 0.15) is 18.1 Å². The van der Waals surface area contributed by atoms with Crippen LogP contribution in [0.1, 0.15) is 21.5 Å². The average molecular weight is 525 g/mol. The maximum Gasteiger partial charge on any atom is 0.573 e. The third-order valence-corrected chi connectivity index (χ3v) is 4.92. The Morgan fingerprint density at radius 3 is 2.25 bits per heavy atom. The molecular weight excluding hydrogens is 505 g/mol. The van der Waals surface area contributed by atoms with Crippen molar-refractivity contribution in [2.45, 2.75) is 13.0 Å². The smallest absolute Gasteiger partial charge is 0.506 e. The average Bonchev–Trinajstić information content (AvgIpc) is 2.84. The Hall–Kier alpha value is -4.12. The highest BCUT2D eigenvalue weighted by Gasteiger charge is 2.31. The monoisotopic (exact) mass is 524 g/mol. The zero-order chi connectivity index (χ0) is 26.3. The number of nitrogens with one attached hydrogen (secondary N) is 1. The second-order valence-electron chi connectivity index (χ2n) is 7.10. The number of phenols is 1. The first-order chi connectivity index (χ1) is 17.1. The van der Waals surface area contributed by atoms with Crippen molar-refractivity contribution in [1.29, 1.82) is 0 Å². The molecule has 0 aromatic heterocycles. The molecule has 3 aromatic rings. The van der Waals surface area contributed by atoms with Crippen LogP contribution in [0.25, 0.3) is 0 Å². The van der Waals surface area contributed by atoms with Crippen LogP contribution in [0.5, 0.6) is 28.7 Å². The van der Waals surface area contributed by atoms with Crippen LogP contribution < -0.4 is 24.4 Å². The molecule has 0 radical (unpaired) electrons. The van der Waals surface area contributed by atoms with Gasteiger partial charge in [0.2, 0.25) is 5.75 Å². The standard InChI is InChI=1S/C24H20ClF3N2O6/c1-33-20-9-15(12-29-30-23(32)16-5-8-19(31)18(25)11-16)10-21(34-2)22(20)35-13-14-3-6-17(7-4-14)36-24(26,27)28/h3-12,31H,13H2,1-2H3,(H,30,32)/b29-12+. The predicted octanol–water partition coefficient (Wildman–Crippen LogP) is 5.30. The molecule has 2 N–H and O–H groups in total.